The van der Waals surface area contributed by atoms with Crippen LogP contribution in [0.2, 0.25) is 0 Å². The SMILES string of the molecule is CCn1ncc(NC(=O)Cn2ncc3cc(-c4ccc(C#N)cc4)ccc32)n1. The number of anilines is 1. The third kappa shape index (κ3) is 3.46. The van der Waals surface area contributed by atoms with Crippen LogP contribution in [-0.4, -0.2) is 30.7 Å². The van der Waals surface area contributed by atoms with Gasteiger partial charge in [0, 0.05) is 5.39 Å². The van der Waals surface area contributed by atoms with Gasteiger partial charge in [-0.2, -0.15) is 20.3 Å². The van der Waals surface area contributed by atoms with E-state index < -0.39 is 0 Å². The highest BCUT2D eigenvalue weighted by Gasteiger charge is 2.11. The molecule has 2 aromatic heterocycles. The first-order valence-corrected chi connectivity index (χ1v) is 8.82. The molecule has 1 amide bonds. The second-order valence-corrected chi connectivity index (χ2v) is 6.23. The summed E-state index contributed by atoms with van der Waals surface area (Å²) in [4.78, 5) is 13.8. The number of nitrogens with zero attached hydrogens (tertiary/aromatic N) is 6. The van der Waals surface area contributed by atoms with Crippen LogP contribution < -0.4 is 5.32 Å². The lowest BCUT2D eigenvalue weighted by Crippen LogP contribution is -2.19. The summed E-state index contributed by atoms with van der Waals surface area (Å²) in [7, 11) is 0. The van der Waals surface area contributed by atoms with E-state index >= 15 is 0 Å². The molecule has 0 unspecified atom stereocenters. The molecule has 1 N–H and O–H groups in total. The highest BCUT2D eigenvalue weighted by Crippen LogP contribution is 2.24. The maximum Gasteiger partial charge on any atom is 0.247 e. The van der Waals surface area contributed by atoms with Crippen molar-refractivity contribution >= 4 is 22.6 Å². The lowest BCUT2D eigenvalue weighted by molar-refractivity contribution is -0.116. The number of carbonyl (C=O) groups excluding carboxylic acids is 1. The Balaban J connectivity index is 1.52. The van der Waals surface area contributed by atoms with Crippen LogP contribution in [0.5, 0.6) is 0 Å². The minimum absolute atomic E-state index is 0.0820. The molecule has 0 fully saturated rings. The normalized spacial score (nSPS) is 10.7. The van der Waals surface area contributed by atoms with Crippen molar-refractivity contribution in [2.75, 3.05) is 5.32 Å². The third-order valence-electron chi connectivity index (χ3n) is 4.37. The minimum Gasteiger partial charge on any atom is -0.306 e. The van der Waals surface area contributed by atoms with Gasteiger partial charge in [-0.25, -0.2) is 0 Å². The molecule has 0 spiro atoms. The average molecular weight is 371 g/mol. The first kappa shape index (κ1) is 17.4. The summed E-state index contributed by atoms with van der Waals surface area (Å²) >= 11 is 0. The lowest BCUT2D eigenvalue weighted by Gasteiger charge is -2.05. The van der Waals surface area contributed by atoms with Crippen molar-refractivity contribution in [1.29, 1.82) is 5.26 Å². The van der Waals surface area contributed by atoms with Crippen LogP contribution in [0.25, 0.3) is 22.0 Å². The monoisotopic (exact) mass is 371 g/mol. The number of nitrogens with one attached hydrogen (secondary N) is 1. The van der Waals surface area contributed by atoms with E-state index in [1.807, 2.05) is 37.3 Å². The Labute approximate surface area is 161 Å². The summed E-state index contributed by atoms with van der Waals surface area (Å²) in [6.07, 6.45) is 3.26. The molecule has 0 aliphatic rings. The van der Waals surface area contributed by atoms with Crippen LogP contribution in [-0.2, 0) is 17.9 Å². The fourth-order valence-electron chi connectivity index (χ4n) is 2.96. The molecule has 4 aromatic rings. The number of carbonyl (C=O) groups is 1. The van der Waals surface area contributed by atoms with Gasteiger partial charge < -0.3 is 5.32 Å². The number of amides is 1. The van der Waals surface area contributed by atoms with Crippen molar-refractivity contribution in [3.63, 3.8) is 0 Å². The predicted octanol–water partition coefficient (Wildman–Crippen LogP) is 2.83. The standard InChI is InChI=1S/C20H17N7O/c1-2-27-23-12-19(25-27)24-20(28)13-26-18-8-7-16(9-17(18)11-22-26)15-5-3-14(10-21)4-6-15/h3-9,11-12H,2,13H2,1H3,(H,24,25,28). The van der Waals surface area contributed by atoms with E-state index in [-0.39, 0.29) is 12.5 Å². The molecule has 0 aliphatic heterocycles. The zero-order chi connectivity index (χ0) is 19.5. The van der Waals surface area contributed by atoms with Crippen molar-refractivity contribution in [3.8, 4) is 17.2 Å². The summed E-state index contributed by atoms with van der Waals surface area (Å²) in [6.45, 7) is 2.65. The largest absolute Gasteiger partial charge is 0.306 e. The fraction of sp³-hybridized carbons (Fsp3) is 0.150. The summed E-state index contributed by atoms with van der Waals surface area (Å²) in [5, 5.41) is 25.1. The Bertz CT molecular complexity index is 1180. The van der Waals surface area contributed by atoms with E-state index in [9.17, 15) is 4.79 Å². The van der Waals surface area contributed by atoms with Gasteiger partial charge in [-0.1, -0.05) is 18.2 Å². The van der Waals surface area contributed by atoms with Crippen molar-refractivity contribution in [2.24, 2.45) is 0 Å². The molecule has 28 heavy (non-hydrogen) atoms. The van der Waals surface area contributed by atoms with Crippen molar-refractivity contribution in [3.05, 3.63) is 60.4 Å². The van der Waals surface area contributed by atoms with Crippen LogP contribution in [0.4, 0.5) is 5.82 Å². The van der Waals surface area contributed by atoms with Gasteiger partial charge in [0.2, 0.25) is 5.91 Å². The van der Waals surface area contributed by atoms with Gasteiger partial charge in [0.15, 0.2) is 5.82 Å². The highest BCUT2D eigenvalue weighted by molar-refractivity contribution is 5.91. The van der Waals surface area contributed by atoms with Gasteiger partial charge in [-0.3, -0.25) is 9.48 Å². The summed E-state index contributed by atoms with van der Waals surface area (Å²) in [5.74, 6) is 0.204. The molecule has 0 atom stereocenters. The van der Waals surface area contributed by atoms with E-state index in [2.05, 4.69) is 26.7 Å². The van der Waals surface area contributed by atoms with Crippen LogP contribution >= 0.6 is 0 Å². The van der Waals surface area contributed by atoms with Crippen LogP contribution in [0.15, 0.2) is 54.9 Å². The number of hydrogen-bond acceptors (Lipinski definition) is 5. The number of hydrogen-bond donors (Lipinski definition) is 1. The number of rotatable bonds is 5. The van der Waals surface area contributed by atoms with Crippen LogP contribution in [0.3, 0.4) is 0 Å². The van der Waals surface area contributed by atoms with E-state index in [0.29, 0.717) is 17.9 Å². The van der Waals surface area contributed by atoms with E-state index in [1.165, 1.54) is 11.0 Å². The molecule has 2 heterocycles. The number of fused-ring (bicyclic) bond motifs is 1. The van der Waals surface area contributed by atoms with E-state index in [1.54, 1.807) is 23.0 Å². The molecular formula is C20H17N7O. The second-order valence-electron chi connectivity index (χ2n) is 6.23. The van der Waals surface area contributed by atoms with Crippen LogP contribution in [0, 0.1) is 11.3 Å². The van der Waals surface area contributed by atoms with Gasteiger partial charge in [-0.05, 0) is 42.3 Å². The van der Waals surface area contributed by atoms with Crippen molar-refractivity contribution < 1.29 is 4.79 Å². The summed E-state index contributed by atoms with van der Waals surface area (Å²) < 4.78 is 1.65. The van der Waals surface area contributed by atoms with Gasteiger partial charge in [-0.15, -0.1) is 5.10 Å². The topological polar surface area (TPSA) is 101 Å². The summed E-state index contributed by atoms with van der Waals surface area (Å²) in [5.41, 5.74) is 3.54. The Kier molecular flexibility index (Phi) is 4.56. The number of benzene rings is 2. The van der Waals surface area contributed by atoms with Crippen molar-refractivity contribution in [1.82, 2.24) is 24.8 Å². The summed E-state index contributed by atoms with van der Waals surface area (Å²) in [6, 6.07) is 15.5. The lowest BCUT2D eigenvalue weighted by atomic mass is 10.0. The number of aromatic nitrogens is 5. The predicted molar refractivity (Wildman–Crippen MR) is 104 cm³/mol. The molecule has 0 bridgehead atoms. The van der Waals surface area contributed by atoms with Gasteiger partial charge in [0.05, 0.1) is 36.1 Å². The number of nitriles is 1. The van der Waals surface area contributed by atoms with E-state index in [0.717, 1.165) is 22.0 Å². The Morgan fingerprint density at radius 2 is 1.89 bits per heavy atom. The average Bonchev–Trinajstić information content (AvgIpc) is 3.34. The molecule has 0 saturated carbocycles. The van der Waals surface area contributed by atoms with E-state index in [4.69, 9.17) is 5.26 Å². The minimum atomic E-state index is -0.218. The molecular weight excluding hydrogens is 354 g/mol. The first-order chi connectivity index (χ1) is 13.7. The molecule has 0 aliphatic carbocycles. The molecule has 0 saturated heterocycles. The fourth-order valence-corrected chi connectivity index (χ4v) is 2.96. The van der Waals surface area contributed by atoms with Crippen LogP contribution in [0.1, 0.15) is 12.5 Å². The first-order valence-electron chi connectivity index (χ1n) is 8.82. The Hall–Kier alpha value is -3.99. The second kappa shape index (κ2) is 7.32. The zero-order valence-electron chi connectivity index (χ0n) is 15.2. The maximum absolute atomic E-state index is 12.3. The zero-order valence-corrected chi connectivity index (χ0v) is 15.2. The number of aryl methyl sites for hydroxylation is 1. The Morgan fingerprint density at radius 3 is 2.61 bits per heavy atom. The highest BCUT2D eigenvalue weighted by atomic mass is 16.2. The molecule has 4 rings (SSSR count). The Morgan fingerprint density at radius 1 is 1.11 bits per heavy atom. The maximum atomic E-state index is 12.3. The molecule has 8 heteroatoms. The molecule has 138 valence electrons. The quantitative estimate of drug-likeness (QED) is 0.581. The molecule has 8 nitrogen and oxygen atoms in total. The van der Waals surface area contributed by atoms with Gasteiger partial charge >= 0.3 is 0 Å². The van der Waals surface area contributed by atoms with Crippen molar-refractivity contribution in [2.45, 2.75) is 20.0 Å². The third-order valence-corrected chi connectivity index (χ3v) is 4.37. The molecule has 2 aromatic carbocycles. The van der Waals surface area contributed by atoms with Gasteiger partial charge in [0.25, 0.3) is 0 Å². The van der Waals surface area contributed by atoms with Gasteiger partial charge in [0.1, 0.15) is 6.54 Å². The smallest absolute Gasteiger partial charge is 0.247 e. The molecule has 0 radical (unpaired) electrons.